The summed E-state index contributed by atoms with van der Waals surface area (Å²) in [6.07, 6.45) is -7.95. The number of ether oxygens (including phenoxy) is 18. The Balaban J connectivity index is -0.00000198. The number of halogens is 1. The Morgan fingerprint density at radius 2 is 0.427 bits per heavy atom. The summed E-state index contributed by atoms with van der Waals surface area (Å²) in [5.41, 5.74) is 1.38. The van der Waals surface area contributed by atoms with E-state index in [9.17, 15) is 43.8 Å². The molecule has 0 amide bonds. The lowest BCUT2D eigenvalue weighted by Gasteiger charge is -2.37. The molecule has 0 rings (SSSR count). The molecule has 31 nitrogen and oxygen atoms in total. The van der Waals surface area contributed by atoms with E-state index < -0.39 is 89.9 Å². The molecule has 8 unspecified atom stereocenters. The summed E-state index contributed by atoms with van der Waals surface area (Å²) in [6.45, 7) is 30.7. The van der Waals surface area contributed by atoms with Crippen molar-refractivity contribution in [3.63, 3.8) is 0 Å². The van der Waals surface area contributed by atoms with Crippen LogP contribution in [-0.2, 0) is 119 Å². The van der Waals surface area contributed by atoms with Gasteiger partial charge in [-0.15, -0.1) is 0 Å². The molecule has 0 saturated carbocycles. The number of allylic oxidation sites excluding steroid dienone is 1. The van der Waals surface area contributed by atoms with Crippen molar-refractivity contribution in [2.75, 3.05) is 185 Å². The van der Waals surface area contributed by atoms with Crippen molar-refractivity contribution in [1.82, 2.24) is 0 Å². The Morgan fingerprint density at radius 3 is 0.625 bits per heavy atom. The van der Waals surface area contributed by atoms with Crippen LogP contribution in [0.3, 0.4) is 0 Å². The van der Waals surface area contributed by atoms with Crippen LogP contribution in [0.4, 0.5) is 0 Å². The van der Waals surface area contributed by atoms with Gasteiger partial charge in [0.1, 0.15) is 88.5 Å². The molecule has 0 spiro atoms. The van der Waals surface area contributed by atoms with Crippen LogP contribution in [0.15, 0.2) is 85.1 Å². The van der Waals surface area contributed by atoms with Gasteiger partial charge in [0.25, 0.3) is 0 Å². The maximum Gasteiger partial charge on any atom is 0.333 e. The van der Waals surface area contributed by atoms with Crippen LogP contribution < -0.4 is 0 Å². The fourth-order valence-corrected chi connectivity index (χ4v) is 6.75. The van der Waals surface area contributed by atoms with Crippen molar-refractivity contribution >= 4 is 52.7 Å². The average molecular weight is 1410 g/mol. The van der Waals surface area contributed by atoms with Crippen molar-refractivity contribution in [3.8, 4) is 0 Å². The zero-order chi connectivity index (χ0) is 73.2. The van der Waals surface area contributed by atoms with Crippen molar-refractivity contribution in [3.05, 3.63) is 85.1 Å². The van der Waals surface area contributed by atoms with Gasteiger partial charge in [-0.3, -0.25) is 4.79 Å². The predicted octanol–water partition coefficient (Wildman–Crippen LogP) is 1.12. The first-order chi connectivity index (χ1) is 45.6. The van der Waals surface area contributed by atoms with Gasteiger partial charge in [-0.05, 0) is 60.1 Å². The molecule has 0 aliphatic heterocycles. The summed E-state index contributed by atoms with van der Waals surface area (Å²) in [5.74, 6) is -3.91. The van der Waals surface area contributed by atoms with E-state index in [4.69, 9.17) is 117 Å². The minimum Gasteiger partial charge on any atom is -0.460 e. The van der Waals surface area contributed by atoms with Gasteiger partial charge in [0.2, 0.25) is 5.24 Å². The van der Waals surface area contributed by atoms with E-state index >= 15 is 0 Å². The largest absolute Gasteiger partial charge is 0.460 e. The lowest BCUT2D eigenvalue weighted by Crippen LogP contribution is -2.53. The Morgan fingerprint density at radius 1 is 0.260 bits per heavy atom. The zero-order valence-corrected chi connectivity index (χ0v) is 57.4. The zero-order valence-electron chi connectivity index (χ0n) is 56.6. The van der Waals surface area contributed by atoms with Crippen LogP contribution in [0.1, 0.15) is 48.5 Å². The third kappa shape index (κ3) is 49.7. The van der Waals surface area contributed by atoms with E-state index in [2.05, 4.69) is 46.1 Å². The maximum absolute atomic E-state index is 12.2. The van der Waals surface area contributed by atoms with Crippen molar-refractivity contribution in [1.29, 1.82) is 0 Å². The average Bonchev–Trinajstić information content (AvgIpc) is 0.862. The minimum atomic E-state index is -1.21. The molecule has 0 bridgehead atoms. The number of aliphatic hydroxyl groups excluding tert-OH is 6. The molecular formula is C64H105ClO31. The lowest BCUT2D eigenvalue weighted by atomic mass is 10.0. The second-order valence-corrected chi connectivity index (χ2v) is 20.5. The number of aliphatic hydroxyl groups is 6. The van der Waals surface area contributed by atoms with Crippen molar-refractivity contribution in [2.24, 2.45) is 0 Å². The molecule has 8 atom stereocenters. The highest BCUT2D eigenvalue weighted by Crippen LogP contribution is 2.22. The Hall–Kier alpha value is -5.76. The molecule has 0 aliphatic carbocycles. The summed E-state index contributed by atoms with van der Waals surface area (Å²) in [4.78, 5) is 82.4. The Labute approximate surface area is 567 Å². The normalized spacial score (nSPS) is 13.4. The van der Waals surface area contributed by atoms with E-state index in [1.165, 1.54) is 41.5 Å². The molecule has 32 heteroatoms. The molecule has 96 heavy (non-hydrogen) atoms. The van der Waals surface area contributed by atoms with Crippen molar-refractivity contribution in [2.45, 2.75) is 97.3 Å². The second-order valence-electron chi connectivity index (χ2n) is 20.2. The molecule has 0 aromatic carbocycles. The van der Waals surface area contributed by atoms with Crippen LogP contribution in [-0.4, -0.2) is 306 Å². The third-order valence-corrected chi connectivity index (χ3v) is 11.6. The second kappa shape index (κ2) is 61.6. The summed E-state index contributed by atoms with van der Waals surface area (Å²) >= 11 is 4.87. The first kappa shape index (κ1) is 94.4. The molecular weight excluding hydrogens is 1300 g/mol. The van der Waals surface area contributed by atoms with E-state index in [0.29, 0.717) is 5.57 Å². The van der Waals surface area contributed by atoms with Gasteiger partial charge in [0.15, 0.2) is 0 Å². The Kier molecular flexibility index (Phi) is 60.6. The summed E-state index contributed by atoms with van der Waals surface area (Å²) in [6, 6.07) is 0. The first-order valence-electron chi connectivity index (χ1n) is 30.3. The van der Waals surface area contributed by atoms with E-state index in [-0.39, 0.29) is 218 Å². The molecule has 554 valence electrons. The molecule has 0 heterocycles. The fraction of sp³-hybridized carbons (Fsp3) is 0.672. The van der Waals surface area contributed by atoms with Gasteiger partial charge < -0.3 is 116 Å². The van der Waals surface area contributed by atoms with E-state index in [1.807, 2.05) is 0 Å². The number of rotatable bonds is 59. The van der Waals surface area contributed by atoms with Gasteiger partial charge in [-0.25, -0.2) is 28.8 Å². The maximum atomic E-state index is 12.2. The van der Waals surface area contributed by atoms with Gasteiger partial charge in [0, 0.05) is 39.0 Å². The van der Waals surface area contributed by atoms with E-state index in [0.717, 1.165) is 0 Å². The molecule has 0 aromatic rings. The number of esters is 6. The highest BCUT2D eigenvalue weighted by Gasteiger charge is 2.41. The topological polar surface area (TPSA) is 407 Å². The smallest absolute Gasteiger partial charge is 0.333 e. The SMILES string of the molecule is C=C(C)C(=O)Cl.C=C(C)C(=O)OCCOCC(OCCOC(=O)C(=C)C)C(OCCOC(=O)C(=C)C)C(OCCOC(=O)C(=C)C)C(COCCOC(=O)C(=C)C)OCCOC(=O)C(=C)C.OCCOCC(OCCO)C(OCCO)C(OCCO)C(COCCO)OCCO. The number of hydrogen-bond acceptors (Lipinski definition) is 31. The Bertz CT molecular complexity index is 2120. The summed E-state index contributed by atoms with van der Waals surface area (Å²) in [7, 11) is 0. The molecule has 0 saturated heterocycles. The van der Waals surface area contributed by atoms with Crippen molar-refractivity contribution < 1.29 is 149 Å². The molecule has 6 N–H and O–H groups in total. The highest BCUT2D eigenvalue weighted by atomic mass is 35.5. The predicted molar refractivity (Wildman–Crippen MR) is 344 cm³/mol. The van der Waals surface area contributed by atoms with Gasteiger partial charge >= 0.3 is 35.8 Å². The molecule has 0 radical (unpaired) electrons. The van der Waals surface area contributed by atoms with Gasteiger partial charge in [0.05, 0.1) is 145 Å². The van der Waals surface area contributed by atoms with Crippen LogP contribution in [0, 0.1) is 0 Å². The van der Waals surface area contributed by atoms with Crippen LogP contribution in [0.2, 0.25) is 0 Å². The first-order valence-corrected chi connectivity index (χ1v) is 30.7. The molecule has 0 aromatic heterocycles. The molecule has 0 aliphatic rings. The minimum absolute atomic E-state index is 0.0140. The summed E-state index contributed by atoms with van der Waals surface area (Å²) in [5, 5.41) is 54.2. The number of carbonyl (C=O) groups excluding carboxylic acids is 7. The van der Waals surface area contributed by atoms with Gasteiger partial charge in [-0.2, -0.15) is 0 Å². The highest BCUT2D eigenvalue weighted by molar-refractivity contribution is 6.67. The summed E-state index contributed by atoms with van der Waals surface area (Å²) < 4.78 is 101. The number of hydrogen-bond donors (Lipinski definition) is 6. The van der Waals surface area contributed by atoms with E-state index in [1.54, 1.807) is 6.92 Å². The fourth-order valence-electron chi connectivity index (χ4n) is 6.75. The third-order valence-electron chi connectivity index (χ3n) is 11.3. The number of carbonyl (C=O) groups is 7. The van der Waals surface area contributed by atoms with Gasteiger partial charge in [-0.1, -0.05) is 46.1 Å². The van der Waals surface area contributed by atoms with Crippen LogP contribution in [0.5, 0.6) is 0 Å². The van der Waals surface area contributed by atoms with Crippen LogP contribution in [0.25, 0.3) is 0 Å². The lowest BCUT2D eigenvalue weighted by molar-refractivity contribution is -0.206. The molecule has 0 fully saturated rings. The van der Waals surface area contributed by atoms with Crippen LogP contribution >= 0.6 is 11.6 Å². The standard InChI is InChI=1S/C42H62O18.C18H38O12.C4H5ClO/c1-27(2)37(43)55-15-13-49-25-33(51-17-21-57-39(45)29(5)6)35(53-19-23-59-41(47)31(9)10)36(54-20-24-60-42(48)32(11)12)34(52-18-22-58-40(46)30(7)8)26-50-14-16-56-38(44)28(3)4;19-1-7-25-13-15(27-9-3-21)17(29-11-5-23)18(30-12-6-24)16(28-10-4-22)14-26-8-2-20;1-3(2)4(5)6/h33-36H,1,3,5,7,9,11,13-26H2,2,4,6,8,10,12H3;15-24H,1-14H2;1H2,2H3. The quantitative estimate of drug-likeness (QED) is 0.0163. The monoisotopic (exact) mass is 1400 g/mol.